The average Bonchev–Trinajstić information content (AvgIpc) is 3.19. The van der Waals surface area contributed by atoms with Crippen LogP contribution < -0.4 is 5.32 Å². The molecule has 21 heavy (non-hydrogen) atoms. The van der Waals surface area contributed by atoms with E-state index in [-0.39, 0.29) is 5.54 Å². The Balaban J connectivity index is 1.69. The van der Waals surface area contributed by atoms with Crippen LogP contribution in [0.5, 0.6) is 0 Å². The zero-order chi connectivity index (χ0) is 15.0. The van der Waals surface area contributed by atoms with Gasteiger partial charge in [-0.05, 0) is 38.5 Å². The molecule has 2 heterocycles. The molecule has 0 aromatic carbocycles. The van der Waals surface area contributed by atoms with Crippen LogP contribution in [0.1, 0.15) is 46.4 Å². The SMILES string of the molecule is CC(C)Cn1ncnc1CN1CC(C)(C2CC2)NCC1C. The zero-order valence-corrected chi connectivity index (χ0v) is 13.8. The lowest BCUT2D eigenvalue weighted by molar-refractivity contribution is 0.0733. The Morgan fingerprint density at radius 1 is 1.43 bits per heavy atom. The van der Waals surface area contributed by atoms with Crippen LogP contribution in [-0.2, 0) is 13.1 Å². The molecule has 2 aliphatic rings. The van der Waals surface area contributed by atoms with Crippen molar-refractivity contribution < 1.29 is 0 Å². The molecule has 0 amide bonds. The first-order chi connectivity index (χ1) is 9.98. The summed E-state index contributed by atoms with van der Waals surface area (Å²) in [5.41, 5.74) is 0.287. The summed E-state index contributed by atoms with van der Waals surface area (Å²) >= 11 is 0. The van der Waals surface area contributed by atoms with Crippen LogP contribution in [0.25, 0.3) is 0 Å². The van der Waals surface area contributed by atoms with Crippen LogP contribution in [0.2, 0.25) is 0 Å². The van der Waals surface area contributed by atoms with Gasteiger partial charge >= 0.3 is 0 Å². The highest BCUT2D eigenvalue weighted by Gasteiger charge is 2.45. The second-order valence-electron chi connectivity index (χ2n) is 7.58. The number of nitrogens with zero attached hydrogens (tertiary/aromatic N) is 4. The molecule has 2 fully saturated rings. The lowest BCUT2D eigenvalue weighted by atomic mass is 9.91. The van der Waals surface area contributed by atoms with E-state index in [1.807, 2.05) is 0 Å². The van der Waals surface area contributed by atoms with Gasteiger partial charge in [0.05, 0.1) is 6.54 Å². The van der Waals surface area contributed by atoms with Crippen molar-refractivity contribution in [1.29, 1.82) is 0 Å². The molecule has 118 valence electrons. The van der Waals surface area contributed by atoms with Gasteiger partial charge in [0, 0.05) is 31.2 Å². The largest absolute Gasteiger partial charge is 0.308 e. The van der Waals surface area contributed by atoms with Crippen molar-refractivity contribution >= 4 is 0 Å². The van der Waals surface area contributed by atoms with Gasteiger partial charge in [0.15, 0.2) is 0 Å². The zero-order valence-electron chi connectivity index (χ0n) is 13.8. The predicted octanol–water partition coefficient (Wildman–Crippen LogP) is 1.90. The Labute approximate surface area is 128 Å². The highest BCUT2D eigenvalue weighted by atomic mass is 15.4. The molecule has 2 unspecified atom stereocenters. The van der Waals surface area contributed by atoms with Crippen molar-refractivity contribution in [3.8, 4) is 0 Å². The van der Waals surface area contributed by atoms with Crippen molar-refractivity contribution in [2.75, 3.05) is 13.1 Å². The molecule has 1 N–H and O–H groups in total. The van der Waals surface area contributed by atoms with Gasteiger partial charge in [0.2, 0.25) is 0 Å². The number of hydrogen-bond acceptors (Lipinski definition) is 4. The smallest absolute Gasteiger partial charge is 0.141 e. The van der Waals surface area contributed by atoms with Gasteiger partial charge in [-0.25, -0.2) is 9.67 Å². The van der Waals surface area contributed by atoms with E-state index in [1.165, 1.54) is 12.8 Å². The summed E-state index contributed by atoms with van der Waals surface area (Å²) in [6.07, 6.45) is 4.47. The van der Waals surface area contributed by atoms with Gasteiger partial charge in [-0.2, -0.15) is 5.10 Å². The maximum absolute atomic E-state index is 4.50. The molecule has 1 saturated heterocycles. The fourth-order valence-electron chi connectivity index (χ4n) is 3.44. The van der Waals surface area contributed by atoms with Gasteiger partial charge in [-0.3, -0.25) is 4.90 Å². The molecule has 0 spiro atoms. The number of aromatic nitrogens is 3. The second kappa shape index (κ2) is 5.69. The average molecular weight is 291 g/mol. The third-order valence-corrected chi connectivity index (χ3v) is 5.01. The molecule has 0 bridgehead atoms. The molecule has 1 aromatic rings. The second-order valence-corrected chi connectivity index (χ2v) is 7.58. The van der Waals surface area contributed by atoms with E-state index < -0.39 is 0 Å². The lowest BCUT2D eigenvalue weighted by Gasteiger charge is -2.45. The maximum Gasteiger partial charge on any atom is 0.141 e. The molecule has 5 nitrogen and oxygen atoms in total. The first-order valence-corrected chi connectivity index (χ1v) is 8.33. The molecule has 1 aliphatic carbocycles. The minimum absolute atomic E-state index is 0.287. The molecule has 3 rings (SSSR count). The highest BCUT2D eigenvalue weighted by molar-refractivity contribution is 5.04. The Morgan fingerprint density at radius 2 is 2.19 bits per heavy atom. The van der Waals surface area contributed by atoms with Gasteiger partial charge in [0.1, 0.15) is 12.2 Å². The quantitative estimate of drug-likeness (QED) is 0.900. The Bertz CT molecular complexity index is 479. The normalized spacial score (nSPS) is 31.0. The molecule has 1 saturated carbocycles. The summed E-state index contributed by atoms with van der Waals surface area (Å²) in [5.74, 6) is 2.57. The minimum Gasteiger partial charge on any atom is -0.308 e. The monoisotopic (exact) mass is 291 g/mol. The predicted molar refractivity (Wildman–Crippen MR) is 83.9 cm³/mol. The van der Waals surface area contributed by atoms with Crippen LogP contribution in [0.15, 0.2) is 6.33 Å². The van der Waals surface area contributed by atoms with Crippen molar-refractivity contribution in [2.24, 2.45) is 11.8 Å². The van der Waals surface area contributed by atoms with Crippen LogP contribution in [-0.4, -0.2) is 44.3 Å². The van der Waals surface area contributed by atoms with Gasteiger partial charge in [0.25, 0.3) is 0 Å². The first kappa shape index (κ1) is 15.0. The fourth-order valence-corrected chi connectivity index (χ4v) is 3.44. The van der Waals surface area contributed by atoms with E-state index in [9.17, 15) is 0 Å². The van der Waals surface area contributed by atoms with E-state index >= 15 is 0 Å². The van der Waals surface area contributed by atoms with E-state index in [4.69, 9.17) is 0 Å². The number of rotatable bonds is 5. The summed E-state index contributed by atoms with van der Waals surface area (Å²) in [5, 5.41) is 8.17. The summed E-state index contributed by atoms with van der Waals surface area (Å²) in [4.78, 5) is 7.07. The third kappa shape index (κ3) is 3.29. The number of hydrogen-bond donors (Lipinski definition) is 1. The van der Waals surface area contributed by atoms with Crippen molar-refractivity contribution in [3.63, 3.8) is 0 Å². The Hall–Kier alpha value is -0.940. The van der Waals surface area contributed by atoms with E-state index in [0.29, 0.717) is 12.0 Å². The fraction of sp³-hybridized carbons (Fsp3) is 0.875. The van der Waals surface area contributed by atoms with Gasteiger partial charge in [-0.1, -0.05) is 13.8 Å². The van der Waals surface area contributed by atoms with Crippen LogP contribution in [0.4, 0.5) is 0 Å². The van der Waals surface area contributed by atoms with Crippen molar-refractivity contribution in [3.05, 3.63) is 12.2 Å². The standard InChI is InChI=1S/C16H29N5/c1-12(2)8-21-15(17-11-19-21)9-20-10-16(4,14-5-6-14)18-7-13(20)3/h11-14,18H,5-10H2,1-4H3. The number of piperazine rings is 1. The highest BCUT2D eigenvalue weighted by Crippen LogP contribution is 2.41. The number of nitrogens with one attached hydrogen (secondary N) is 1. The molecule has 1 aliphatic heterocycles. The van der Waals surface area contributed by atoms with Crippen LogP contribution in [0.3, 0.4) is 0 Å². The Kier molecular flexibility index (Phi) is 4.06. The summed E-state index contributed by atoms with van der Waals surface area (Å²) < 4.78 is 2.08. The summed E-state index contributed by atoms with van der Waals surface area (Å²) in [6.45, 7) is 13.2. The first-order valence-electron chi connectivity index (χ1n) is 8.33. The van der Waals surface area contributed by atoms with Crippen LogP contribution in [0, 0.1) is 11.8 Å². The van der Waals surface area contributed by atoms with E-state index in [1.54, 1.807) is 6.33 Å². The van der Waals surface area contributed by atoms with Crippen LogP contribution >= 0.6 is 0 Å². The molecule has 1 aromatic heterocycles. The molecular weight excluding hydrogens is 262 g/mol. The van der Waals surface area contributed by atoms with Gasteiger partial charge in [-0.15, -0.1) is 0 Å². The lowest BCUT2D eigenvalue weighted by Crippen LogP contribution is -2.63. The Morgan fingerprint density at radius 3 is 2.86 bits per heavy atom. The van der Waals surface area contributed by atoms with Crippen molar-refractivity contribution in [2.45, 2.75) is 65.2 Å². The summed E-state index contributed by atoms with van der Waals surface area (Å²) in [7, 11) is 0. The topological polar surface area (TPSA) is 46.0 Å². The molecular formula is C16H29N5. The van der Waals surface area contributed by atoms with E-state index in [2.05, 4.69) is 52.7 Å². The summed E-state index contributed by atoms with van der Waals surface area (Å²) in [6, 6.07) is 0.557. The maximum atomic E-state index is 4.50. The molecule has 2 atom stereocenters. The van der Waals surface area contributed by atoms with E-state index in [0.717, 1.165) is 37.9 Å². The van der Waals surface area contributed by atoms with Crippen molar-refractivity contribution in [1.82, 2.24) is 25.0 Å². The van der Waals surface area contributed by atoms with Gasteiger partial charge < -0.3 is 5.32 Å². The molecule has 0 radical (unpaired) electrons. The molecule has 5 heteroatoms. The minimum atomic E-state index is 0.287. The third-order valence-electron chi connectivity index (χ3n) is 5.01.